The highest BCUT2D eigenvalue weighted by Crippen LogP contribution is 2.20. The minimum Gasteiger partial charge on any atom is -0.336 e. The van der Waals surface area contributed by atoms with Crippen LogP contribution in [0.15, 0.2) is 54.7 Å². The van der Waals surface area contributed by atoms with E-state index in [-0.39, 0.29) is 18.1 Å². The Morgan fingerprint density at radius 3 is 2.36 bits per heavy atom. The van der Waals surface area contributed by atoms with Crippen LogP contribution in [0.2, 0.25) is 0 Å². The maximum atomic E-state index is 12.6. The molecule has 0 fully saturated rings. The molecule has 0 bridgehead atoms. The summed E-state index contributed by atoms with van der Waals surface area (Å²) in [6, 6.07) is 15.7. The first kappa shape index (κ1) is 16.0. The normalized spacial score (nSPS) is 12.0. The number of urea groups is 1. The Morgan fingerprint density at radius 2 is 1.77 bits per heavy atom. The summed E-state index contributed by atoms with van der Waals surface area (Å²) in [5, 5.41) is 2.97. The van der Waals surface area contributed by atoms with E-state index in [9.17, 15) is 4.79 Å². The molecule has 0 unspecified atom stereocenters. The average molecular weight is 297 g/mol. The number of hydrogen-bond donors (Lipinski definition) is 1. The molecular formula is C18H23N3O. The molecular weight excluding hydrogens is 274 g/mol. The SMILES string of the molecule is CC(C)NC(=O)N(Cc1ccccc1)[C@H](C)c1ccccn1. The minimum atomic E-state index is -0.0971. The molecule has 1 atom stereocenters. The molecule has 116 valence electrons. The van der Waals surface area contributed by atoms with Crippen molar-refractivity contribution in [3.8, 4) is 0 Å². The zero-order valence-electron chi connectivity index (χ0n) is 13.4. The van der Waals surface area contributed by atoms with Crippen LogP contribution < -0.4 is 5.32 Å². The van der Waals surface area contributed by atoms with Gasteiger partial charge < -0.3 is 10.2 Å². The van der Waals surface area contributed by atoms with E-state index in [1.54, 1.807) is 6.20 Å². The van der Waals surface area contributed by atoms with Crippen LogP contribution in [0.3, 0.4) is 0 Å². The van der Waals surface area contributed by atoms with Crippen molar-refractivity contribution in [2.24, 2.45) is 0 Å². The van der Waals surface area contributed by atoms with Crippen LogP contribution in [-0.4, -0.2) is 22.0 Å². The van der Waals surface area contributed by atoms with Crippen LogP contribution in [0.5, 0.6) is 0 Å². The Morgan fingerprint density at radius 1 is 1.09 bits per heavy atom. The van der Waals surface area contributed by atoms with Crippen LogP contribution in [0.25, 0.3) is 0 Å². The molecule has 4 heteroatoms. The molecule has 0 saturated carbocycles. The van der Waals surface area contributed by atoms with E-state index < -0.39 is 0 Å². The third-order valence-corrected chi connectivity index (χ3v) is 3.45. The third kappa shape index (κ3) is 4.32. The molecule has 1 heterocycles. The summed E-state index contributed by atoms with van der Waals surface area (Å²) in [6.07, 6.45) is 1.76. The lowest BCUT2D eigenvalue weighted by atomic mass is 10.1. The lowest BCUT2D eigenvalue weighted by Crippen LogP contribution is -2.43. The highest BCUT2D eigenvalue weighted by atomic mass is 16.2. The van der Waals surface area contributed by atoms with E-state index in [4.69, 9.17) is 0 Å². The van der Waals surface area contributed by atoms with Crippen LogP contribution in [0, 0.1) is 0 Å². The van der Waals surface area contributed by atoms with Gasteiger partial charge in [0.25, 0.3) is 0 Å². The molecule has 2 amide bonds. The van der Waals surface area contributed by atoms with E-state index in [1.165, 1.54) is 0 Å². The molecule has 22 heavy (non-hydrogen) atoms. The van der Waals surface area contributed by atoms with Crippen molar-refractivity contribution < 1.29 is 4.79 Å². The Labute approximate surface area is 132 Å². The van der Waals surface area contributed by atoms with Crippen molar-refractivity contribution in [1.82, 2.24) is 15.2 Å². The molecule has 4 nitrogen and oxygen atoms in total. The number of hydrogen-bond acceptors (Lipinski definition) is 2. The number of amides is 2. The topological polar surface area (TPSA) is 45.2 Å². The Balaban J connectivity index is 2.22. The molecule has 0 aliphatic heterocycles. The first-order valence-corrected chi connectivity index (χ1v) is 7.60. The van der Waals surface area contributed by atoms with E-state index in [0.29, 0.717) is 6.54 Å². The summed E-state index contributed by atoms with van der Waals surface area (Å²) >= 11 is 0. The fraction of sp³-hybridized carbons (Fsp3) is 0.333. The fourth-order valence-corrected chi connectivity index (χ4v) is 2.28. The smallest absolute Gasteiger partial charge is 0.318 e. The lowest BCUT2D eigenvalue weighted by Gasteiger charge is -2.30. The van der Waals surface area contributed by atoms with Crippen molar-refractivity contribution in [3.63, 3.8) is 0 Å². The minimum absolute atomic E-state index is 0.0722. The second-order valence-electron chi connectivity index (χ2n) is 5.65. The van der Waals surface area contributed by atoms with Gasteiger partial charge in [0.1, 0.15) is 0 Å². The van der Waals surface area contributed by atoms with Gasteiger partial charge in [0.2, 0.25) is 0 Å². The summed E-state index contributed by atoms with van der Waals surface area (Å²) in [5.74, 6) is 0. The predicted molar refractivity (Wildman–Crippen MR) is 88.3 cm³/mol. The van der Waals surface area contributed by atoms with Gasteiger partial charge in [-0.3, -0.25) is 4.98 Å². The molecule has 0 spiro atoms. The number of nitrogens with zero attached hydrogens (tertiary/aromatic N) is 2. The van der Waals surface area contributed by atoms with Crippen molar-refractivity contribution in [2.75, 3.05) is 0 Å². The molecule has 1 aromatic carbocycles. The first-order valence-electron chi connectivity index (χ1n) is 7.60. The van der Waals surface area contributed by atoms with Gasteiger partial charge in [-0.15, -0.1) is 0 Å². The van der Waals surface area contributed by atoms with Gasteiger partial charge in [0.15, 0.2) is 0 Å². The Kier molecular flexibility index (Phi) is 5.53. The van der Waals surface area contributed by atoms with E-state index in [1.807, 2.05) is 74.2 Å². The predicted octanol–water partition coefficient (Wildman–Crippen LogP) is 3.76. The molecule has 2 rings (SSSR count). The monoisotopic (exact) mass is 297 g/mol. The van der Waals surface area contributed by atoms with Gasteiger partial charge >= 0.3 is 6.03 Å². The second kappa shape index (κ2) is 7.59. The van der Waals surface area contributed by atoms with Gasteiger partial charge in [0.05, 0.1) is 11.7 Å². The number of carbonyl (C=O) groups excluding carboxylic acids is 1. The second-order valence-corrected chi connectivity index (χ2v) is 5.65. The van der Waals surface area contributed by atoms with E-state index >= 15 is 0 Å². The van der Waals surface area contributed by atoms with Gasteiger partial charge in [-0.1, -0.05) is 36.4 Å². The number of pyridine rings is 1. The summed E-state index contributed by atoms with van der Waals surface area (Å²) < 4.78 is 0. The highest BCUT2D eigenvalue weighted by molar-refractivity contribution is 5.75. The highest BCUT2D eigenvalue weighted by Gasteiger charge is 2.22. The number of aromatic nitrogens is 1. The largest absolute Gasteiger partial charge is 0.336 e. The maximum absolute atomic E-state index is 12.6. The van der Waals surface area contributed by atoms with Crippen LogP contribution in [-0.2, 0) is 6.54 Å². The molecule has 0 saturated heterocycles. The number of benzene rings is 1. The quantitative estimate of drug-likeness (QED) is 0.913. The zero-order chi connectivity index (χ0) is 15.9. The summed E-state index contributed by atoms with van der Waals surface area (Å²) in [7, 11) is 0. The number of carbonyl (C=O) groups is 1. The van der Waals surface area contributed by atoms with Gasteiger partial charge in [-0.2, -0.15) is 0 Å². The van der Waals surface area contributed by atoms with E-state index in [2.05, 4.69) is 10.3 Å². The first-order chi connectivity index (χ1) is 10.6. The van der Waals surface area contributed by atoms with Crippen LogP contribution >= 0.6 is 0 Å². The van der Waals surface area contributed by atoms with Crippen LogP contribution in [0.1, 0.15) is 38.1 Å². The van der Waals surface area contributed by atoms with E-state index in [0.717, 1.165) is 11.3 Å². The lowest BCUT2D eigenvalue weighted by molar-refractivity contribution is 0.171. The fourth-order valence-electron chi connectivity index (χ4n) is 2.28. The van der Waals surface area contributed by atoms with Crippen LogP contribution in [0.4, 0.5) is 4.79 Å². The van der Waals surface area contributed by atoms with Gasteiger partial charge in [-0.25, -0.2) is 4.79 Å². The van der Waals surface area contributed by atoms with Crippen molar-refractivity contribution >= 4 is 6.03 Å². The van der Waals surface area contributed by atoms with Crippen molar-refractivity contribution in [3.05, 3.63) is 66.0 Å². The molecule has 2 aromatic rings. The summed E-state index contributed by atoms with van der Waals surface area (Å²) in [4.78, 5) is 18.8. The summed E-state index contributed by atoms with van der Waals surface area (Å²) in [6.45, 7) is 6.48. The standard InChI is InChI=1S/C18H23N3O/c1-14(2)20-18(22)21(13-16-9-5-4-6-10-16)15(3)17-11-7-8-12-19-17/h4-12,14-15H,13H2,1-3H3,(H,20,22)/t15-/m1/s1. The molecule has 0 radical (unpaired) electrons. The molecule has 1 N–H and O–H groups in total. The van der Waals surface area contributed by atoms with Crippen molar-refractivity contribution in [2.45, 2.75) is 39.4 Å². The third-order valence-electron chi connectivity index (χ3n) is 3.45. The van der Waals surface area contributed by atoms with Gasteiger partial charge in [-0.05, 0) is 38.5 Å². The average Bonchev–Trinajstić information content (AvgIpc) is 2.53. The maximum Gasteiger partial charge on any atom is 0.318 e. The zero-order valence-corrected chi connectivity index (χ0v) is 13.4. The van der Waals surface area contributed by atoms with Gasteiger partial charge in [0, 0.05) is 18.8 Å². The number of nitrogens with one attached hydrogen (secondary N) is 1. The molecule has 1 aromatic heterocycles. The summed E-state index contributed by atoms with van der Waals surface area (Å²) in [5.41, 5.74) is 1.99. The molecule has 0 aliphatic rings. The number of rotatable bonds is 5. The Bertz CT molecular complexity index is 584. The Hall–Kier alpha value is -2.36. The van der Waals surface area contributed by atoms with Crippen molar-refractivity contribution in [1.29, 1.82) is 0 Å². The molecule has 0 aliphatic carbocycles.